The predicted octanol–water partition coefficient (Wildman–Crippen LogP) is 1.77. The van der Waals surface area contributed by atoms with E-state index in [2.05, 4.69) is 0 Å². The van der Waals surface area contributed by atoms with Crippen LogP contribution in [0.4, 0.5) is 0 Å². The minimum atomic E-state index is -0.888. The Labute approximate surface area is 127 Å². The van der Waals surface area contributed by atoms with Gasteiger partial charge in [0, 0.05) is 14.1 Å². The Kier molecular flexibility index (Phi) is 5.13. The quantitative estimate of drug-likeness (QED) is 0.784. The molecule has 7 heteroatoms. The molecule has 0 aromatic rings. The molecule has 0 bridgehead atoms. The van der Waals surface area contributed by atoms with Crippen LogP contribution in [0.25, 0.3) is 0 Å². The monoisotopic (exact) mass is 298 g/mol. The Morgan fingerprint density at radius 2 is 1.62 bits per heavy atom. The van der Waals surface area contributed by atoms with Crippen molar-refractivity contribution in [2.45, 2.75) is 58.8 Å². The van der Waals surface area contributed by atoms with Crippen molar-refractivity contribution in [2.75, 3.05) is 14.1 Å². The standard InChI is InChI=1S/C12H21BN2O4.C2H6/c1-11(2)12(3,4)19-13(18-11)9-7-8(10(16)17)14(5)15(9)6;1-2/h7-8H,1-6H3,(H,16,17);1-2H3. The van der Waals surface area contributed by atoms with Gasteiger partial charge in [0.15, 0.2) is 0 Å². The lowest BCUT2D eigenvalue weighted by atomic mass is 9.83. The summed E-state index contributed by atoms with van der Waals surface area (Å²) in [5.74, 6) is -0.888. The first-order valence-corrected chi connectivity index (χ1v) is 7.33. The van der Waals surface area contributed by atoms with Gasteiger partial charge in [0.05, 0.1) is 16.8 Å². The van der Waals surface area contributed by atoms with Crippen LogP contribution >= 0.6 is 0 Å². The van der Waals surface area contributed by atoms with Gasteiger partial charge in [0.1, 0.15) is 6.04 Å². The Morgan fingerprint density at radius 1 is 1.19 bits per heavy atom. The molecule has 2 heterocycles. The van der Waals surface area contributed by atoms with E-state index >= 15 is 0 Å². The van der Waals surface area contributed by atoms with E-state index in [1.165, 1.54) is 0 Å². The van der Waals surface area contributed by atoms with Crippen LogP contribution in [-0.4, -0.2) is 59.6 Å². The molecular weight excluding hydrogens is 271 g/mol. The average Bonchev–Trinajstić information content (AvgIpc) is 2.78. The number of hydrogen-bond donors (Lipinski definition) is 1. The molecule has 0 aromatic carbocycles. The molecule has 6 nitrogen and oxygen atoms in total. The number of carboxylic acid groups (broad SMARTS) is 1. The summed E-state index contributed by atoms with van der Waals surface area (Å²) in [5, 5.41) is 12.6. The maximum atomic E-state index is 11.2. The van der Waals surface area contributed by atoms with Crippen LogP contribution in [0.2, 0.25) is 0 Å². The van der Waals surface area contributed by atoms with Crippen molar-refractivity contribution < 1.29 is 19.2 Å². The first-order valence-electron chi connectivity index (χ1n) is 7.33. The lowest BCUT2D eigenvalue weighted by molar-refractivity contribution is -0.143. The summed E-state index contributed by atoms with van der Waals surface area (Å²) in [6.07, 6.45) is 1.67. The van der Waals surface area contributed by atoms with E-state index in [0.29, 0.717) is 0 Å². The number of hydrogen-bond acceptors (Lipinski definition) is 5. The number of rotatable bonds is 2. The fourth-order valence-corrected chi connectivity index (χ4v) is 2.17. The van der Waals surface area contributed by atoms with Gasteiger partial charge in [-0.1, -0.05) is 13.8 Å². The number of aliphatic carboxylic acids is 1. The van der Waals surface area contributed by atoms with Crippen LogP contribution in [0.1, 0.15) is 41.5 Å². The lowest BCUT2D eigenvalue weighted by Crippen LogP contribution is -2.42. The highest BCUT2D eigenvalue weighted by atomic mass is 16.7. The Balaban J connectivity index is 0.00000106. The molecule has 0 radical (unpaired) electrons. The van der Waals surface area contributed by atoms with Crippen molar-refractivity contribution in [1.82, 2.24) is 10.0 Å². The van der Waals surface area contributed by atoms with Gasteiger partial charge in [-0.25, -0.2) is 5.01 Å². The van der Waals surface area contributed by atoms with Crippen molar-refractivity contribution >= 4 is 13.1 Å². The molecule has 0 aromatic heterocycles. The second-order valence-corrected chi connectivity index (χ2v) is 6.06. The molecule has 0 aliphatic carbocycles. The van der Waals surface area contributed by atoms with Crippen molar-refractivity contribution in [3.63, 3.8) is 0 Å². The molecule has 1 unspecified atom stereocenters. The first-order chi connectivity index (χ1) is 9.57. The fraction of sp³-hybridized carbons (Fsp3) is 0.786. The summed E-state index contributed by atoms with van der Waals surface area (Å²) in [5.41, 5.74) is -0.133. The van der Waals surface area contributed by atoms with Gasteiger partial charge in [-0.2, -0.15) is 0 Å². The van der Waals surface area contributed by atoms with Gasteiger partial charge < -0.3 is 19.4 Å². The van der Waals surface area contributed by atoms with Crippen LogP contribution in [-0.2, 0) is 14.1 Å². The summed E-state index contributed by atoms with van der Waals surface area (Å²) in [7, 11) is 3.00. The fourth-order valence-electron chi connectivity index (χ4n) is 2.17. The number of nitrogens with zero attached hydrogens (tertiary/aromatic N) is 2. The molecule has 2 aliphatic heterocycles. The van der Waals surface area contributed by atoms with Crippen LogP contribution in [0, 0.1) is 0 Å². The van der Waals surface area contributed by atoms with Gasteiger partial charge in [-0.15, -0.1) is 0 Å². The molecule has 1 N–H and O–H groups in total. The number of hydrazine groups is 1. The van der Waals surface area contributed by atoms with Gasteiger partial charge in [0.2, 0.25) is 0 Å². The largest absolute Gasteiger partial charge is 0.513 e. The molecule has 0 spiro atoms. The molecule has 1 atom stereocenters. The molecule has 0 amide bonds. The van der Waals surface area contributed by atoms with Crippen molar-refractivity contribution in [1.29, 1.82) is 0 Å². The molecule has 2 rings (SSSR count). The zero-order chi connectivity index (χ0) is 16.6. The smallest absolute Gasteiger partial charge is 0.480 e. The van der Waals surface area contributed by atoms with Crippen molar-refractivity contribution in [3.8, 4) is 0 Å². The Morgan fingerprint density at radius 3 is 1.95 bits per heavy atom. The van der Waals surface area contributed by atoms with E-state index < -0.39 is 30.3 Å². The number of carbonyl (C=O) groups is 1. The Bertz CT molecular complexity index is 421. The second kappa shape index (κ2) is 5.98. The topological polar surface area (TPSA) is 62.2 Å². The van der Waals surface area contributed by atoms with Gasteiger partial charge >= 0.3 is 13.1 Å². The molecule has 21 heavy (non-hydrogen) atoms. The molecule has 120 valence electrons. The highest BCUT2D eigenvalue weighted by molar-refractivity contribution is 6.54. The summed E-state index contributed by atoms with van der Waals surface area (Å²) in [4.78, 5) is 11.2. The Hall–Kier alpha value is -1.05. The highest BCUT2D eigenvalue weighted by Crippen LogP contribution is 2.40. The lowest BCUT2D eigenvalue weighted by Gasteiger charge is -2.32. The number of likely N-dealkylation sites (N-methyl/N-ethyl adjacent to an activating group) is 1. The van der Waals surface area contributed by atoms with E-state index in [-0.39, 0.29) is 0 Å². The van der Waals surface area contributed by atoms with Gasteiger partial charge in [-0.05, 0) is 33.8 Å². The predicted molar refractivity (Wildman–Crippen MR) is 82.5 cm³/mol. The van der Waals surface area contributed by atoms with E-state index in [9.17, 15) is 9.90 Å². The van der Waals surface area contributed by atoms with Gasteiger partial charge in [-0.3, -0.25) is 4.79 Å². The third-order valence-corrected chi connectivity index (χ3v) is 4.33. The minimum Gasteiger partial charge on any atom is -0.480 e. The van der Waals surface area contributed by atoms with E-state index in [4.69, 9.17) is 9.31 Å². The van der Waals surface area contributed by atoms with Crippen molar-refractivity contribution in [3.05, 3.63) is 11.7 Å². The number of carboxylic acids is 1. The van der Waals surface area contributed by atoms with Crippen molar-refractivity contribution in [2.24, 2.45) is 0 Å². The third kappa shape index (κ3) is 3.10. The SMILES string of the molecule is CC.CN1C(B2OC(C)(C)C(C)(C)O2)=CC(C(=O)O)N1C. The third-order valence-electron chi connectivity index (χ3n) is 4.33. The summed E-state index contributed by atoms with van der Waals surface area (Å²) < 4.78 is 11.9. The first kappa shape index (κ1) is 18.0. The molecule has 1 fully saturated rings. The summed E-state index contributed by atoms with van der Waals surface area (Å²) in [6, 6.07) is -0.681. The van der Waals surface area contributed by atoms with E-state index in [0.717, 1.165) is 5.60 Å². The van der Waals surface area contributed by atoms with E-state index in [1.54, 1.807) is 30.2 Å². The minimum absolute atomic E-state index is 0.431. The maximum Gasteiger partial charge on any atom is 0.513 e. The van der Waals surface area contributed by atoms with Crippen LogP contribution in [0.3, 0.4) is 0 Å². The van der Waals surface area contributed by atoms with Crippen LogP contribution in [0.15, 0.2) is 11.7 Å². The zero-order valence-corrected chi connectivity index (χ0v) is 14.3. The average molecular weight is 298 g/mol. The summed E-state index contributed by atoms with van der Waals surface area (Å²) >= 11 is 0. The second-order valence-electron chi connectivity index (χ2n) is 6.06. The van der Waals surface area contributed by atoms with Crippen LogP contribution < -0.4 is 0 Å². The maximum absolute atomic E-state index is 11.2. The van der Waals surface area contributed by atoms with E-state index in [1.807, 2.05) is 41.5 Å². The van der Waals surface area contributed by atoms with Gasteiger partial charge in [0.25, 0.3) is 0 Å². The molecule has 2 aliphatic rings. The molecule has 0 saturated carbocycles. The highest BCUT2D eigenvalue weighted by Gasteiger charge is 2.54. The van der Waals surface area contributed by atoms with Crippen LogP contribution in [0.5, 0.6) is 0 Å². The zero-order valence-electron chi connectivity index (χ0n) is 14.3. The summed E-state index contributed by atoms with van der Waals surface area (Å²) in [6.45, 7) is 11.9. The normalized spacial score (nSPS) is 27.2. The molecule has 1 saturated heterocycles. The molecular formula is C14H27BN2O4.